The van der Waals surface area contributed by atoms with E-state index in [1.807, 2.05) is 7.05 Å². The van der Waals surface area contributed by atoms with Crippen LogP contribution in [0.2, 0.25) is 0 Å². The van der Waals surface area contributed by atoms with Crippen molar-refractivity contribution in [2.24, 2.45) is 5.41 Å². The third-order valence-corrected chi connectivity index (χ3v) is 3.02. The van der Waals surface area contributed by atoms with E-state index in [9.17, 15) is 0 Å². The first-order valence-electron chi connectivity index (χ1n) is 6.59. The molecule has 0 spiro atoms. The second-order valence-corrected chi connectivity index (χ2v) is 5.09. The fourth-order valence-corrected chi connectivity index (χ4v) is 2.52. The van der Waals surface area contributed by atoms with Crippen LogP contribution in [0.3, 0.4) is 0 Å². The van der Waals surface area contributed by atoms with Crippen LogP contribution in [0.25, 0.3) is 0 Å². The Bertz CT molecular complexity index is 150. The molecule has 0 saturated carbocycles. The van der Waals surface area contributed by atoms with Gasteiger partial charge in [-0.2, -0.15) is 0 Å². The Morgan fingerprint density at radius 3 is 2.31 bits per heavy atom. The Morgan fingerprint density at radius 2 is 1.88 bits per heavy atom. The maximum Gasteiger partial charge on any atom is 0.0558 e. The second kappa shape index (κ2) is 8.97. The molecular weight excluding hydrogens is 200 g/mol. The van der Waals surface area contributed by atoms with Gasteiger partial charge in [0.05, 0.1) is 6.61 Å². The predicted octanol–water partition coefficient (Wildman–Crippen LogP) is 1.72. The number of aliphatic hydroxyl groups excluding tert-OH is 1. The van der Waals surface area contributed by atoms with Crippen LogP contribution < -0.4 is 5.32 Å². The lowest BCUT2D eigenvalue weighted by Crippen LogP contribution is -2.42. The van der Waals surface area contributed by atoms with Crippen LogP contribution in [0.1, 0.15) is 40.0 Å². The van der Waals surface area contributed by atoms with Gasteiger partial charge in [-0.05, 0) is 31.8 Å². The van der Waals surface area contributed by atoms with Gasteiger partial charge in [0.15, 0.2) is 0 Å². The number of nitrogens with zero attached hydrogens (tertiary/aromatic N) is 1. The smallest absolute Gasteiger partial charge is 0.0558 e. The van der Waals surface area contributed by atoms with Crippen molar-refractivity contribution in [3.63, 3.8) is 0 Å². The third kappa shape index (κ3) is 6.46. The van der Waals surface area contributed by atoms with Gasteiger partial charge in [-0.15, -0.1) is 0 Å². The molecule has 0 saturated heterocycles. The van der Waals surface area contributed by atoms with Crippen molar-refractivity contribution in [3.05, 3.63) is 0 Å². The topological polar surface area (TPSA) is 35.5 Å². The van der Waals surface area contributed by atoms with E-state index < -0.39 is 0 Å². The Balaban J connectivity index is 4.30. The standard InChI is InChI=1S/C13H30N2O/c1-5-7-13(3,11-14-4)12-15(8-6-2)9-10-16/h14,16H,5-12H2,1-4H3. The molecule has 98 valence electrons. The summed E-state index contributed by atoms with van der Waals surface area (Å²) in [6, 6.07) is 0. The van der Waals surface area contributed by atoms with Crippen LogP contribution >= 0.6 is 0 Å². The molecule has 0 aliphatic carbocycles. The Kier molecular flexibility index (Phi) is 8.90. The molecule has 0 aromatic heterocycles. The maximum absolute atomic E-state index is 9.06. The number of aliphatic hydroxyl groups is 1. The molecule has 0 rings (SSSR count). The van der Waals surface area contributed by atoms with Crippen molar-refractivity contribution in [3.8, 4) is 0 Å². The van der Waals surface area contributed by atoms with Gasteiger partial charge in [-0.25, -0.2) is 0 Å². The lowest BCUT2D eigenvalue weighted by atomic mass is 9.84. The molecule has 1 unspecified atom stereocenters. The second-order valence-electron chi connectivity index (χ2n) is 5.09. The average Bonchev–Trinajstić information content (AvgIpc) is 2.18. The van der Waals surface area contributed by atoms with Crippen LogP contribution in [-0.2, 0) is 0 Å². The van der Waals surface area contributed by atoms with Crippen LogP contribution in [0.4, 0.5) is 0 Å². The van der Waals surface area contributed by atoms with Gasteiger partial charge < -0.3 is 15.3 Å². The van der Waals surface area contributed by atoms with E-state index in [0.29, 0.717) is 5.41 Å². The minimum absolute atomic E-state index is 0.266. The van der Waals surface area contributed by atoms with Gasteiger partial charge in [-0.3, -0.25) is 0 Å². The maximum atomic E-state index is 9.06. The van der Waals surface area contributed by atoms with Crippen molar-refractivity contribution >= 4 is 0 Å². The molecular formula is C13H30N2O. The van der Waals surface area contributed by atoms with E-state index in [1.165, 1.54) is 12.8 Å². The molecule has 3 nitrogen and oxygen atoms in total. The summed E-state index contributed by atoms with van der Waals surface area (Å²) in [5.74, 6) is 0. The fraction of sp³-hybridized carbons (Fsp3) is 1.00. The zero-order chi connectivity index (χ0) is 12.4. The normalized spacial score (nSPS) is 15.4. The van der Waals surface area contributed by atoms with Crippen molar-refractivity contribution in [1.82, 2.24) is 10.2 Å². The lowest BCUT2D eigenvalue weighted by molar-refractivity contribution is 0.126. The number of rotatable bonds is 10. The first-order chi connectivity index (χ1) is 7.61. The molecule has 0 bridgehead atoms. The van der Waals surface area contributed by atoms with Crippen LogP contribution in [0.5, 0.6) is 0 Å². The summed E-state index contributed by atoms with van der Waals surface area (Å²) < 4.78 is 0. The highest BCUT2D eigenvalue weighted by molar-refractivity contribution is 4.80. The summed E-state index contributed by atoms with van der Waals surface area (Å²) in [5.41, 5.74) is 0.327. The zero-order valence-corrected chi connectivity index (χ0v) is 11.6. The molecule has 0 radical (unpaired) electrons. The Labute approximate surface area is 101 Å². The molecule has 0 aliphatic heterocycles. The molecule has 0 amide bonds. The highest BCUT2D eigenvalue weighted by atomic mass is 16.3. The fourth-order valence-electron chi connectivity index (χ4n) is 2.52. The van der Waals surface area contributed by atoms with Gasteiger partial charge in [0.1, 0.15) is 0 Å². The summed E-state index contributed by atoms with van der Waals surface area (Å²) in [6.07, 6.45) is 3.61. The van der Waals surface area contributed by atoms with Crippen molar-refractivity contribution in [2.75, 3.05) is 39.8 Å². The Hall–Kier alpha value is -0.120. The van der Waals surface area contributed by atoms with Crippen molar-refractivity contribution in [2.45, 2.75) is 40.0 Å². The van der Waals surface area contributed by atoms with Crippen LogP contribution in [0, 0.1) is 5.41 Å². The van der Waals surface area contributed by atoms with Crippen LogP contribution in [-0.4, -0.2) is 49.8 Å². The summed E-state index contributed by atoms with van der Waals surface area (Å²) in [4.78, 5) is 2.38. The highest BCUT2D eigenvalue weighted by Gasteiger charge is 2.25. The van der Waals surface area contributed by atoms with E-state index in [-0.39, 0.29) is 6.61 Å². The van der Waals surface area contributed by atoms with E-state index in [1.54, 1.807) is 0 Å². The average molecular weight is 230 g/mol. The molecule has 16 heavy (non-hydrogen) atoms. The molecule has 2 N–H and O–H groups in total. The quantitative estimate of drug-likeness (QED) is 0.600. The minimum atomic E-state index is 0.266. The third-order valence-electron chi connectivity index (χ3n) is 3.02. The zero-order valence-electron chi connectivity index (χ0n) is 11.6. The molecule has 1 atom stereocenters. The lowest BCUT2D eigenvalue weighted by Gasteiger charge is -2.35. The number of nitrogens with one attached hydrogen (secondary N) is 1. The van der Waals surface area contributed by atoms with E-state index in [4.69, 9.17) is 5.11 Å². The van der Waals surface area contributed by atoms with Crippen molar-refractivity contribution < 1.29 is 5.11 Å². The van der Waals surface area contributed by atoms with Crippen LogP contribution in [0.15, 0.2) is 0 Å². The van der Waals surface area contributed by atoms with Gasteiger partial charge >= 0.3 is 0 Å². The first-order valence-corrected chi connectivity index (χ1v) is 6.59. The van der Waals surface area contributed by atoms with Gasteiger partial charge in [0.2, 0.25) is 0 Å². The first kappa shape index (κ1) is 15.9. The van der Waals surface area contributed by atoms with E-state index in [2.05, 4.69) is 31.0 Å². The molecule has 0 aromatic carbocycles. The largest absolute Gasteiger partial charge is 0.395 e. The highest BCUT2D eigenvalue weighted by Crippen LogP contribution is 2.23. The number of hydrogen-bond donors (Lipinski definition) is 2. The Morgan fingerprint density at radius 1 is 1.19 bits per heavy atom. The summed E-state index contributed by atoms with van der Waals surface area (Å²) in [5, 5.41) is 12.4. The van der Waals surface area contributed by atoms with Gasteiger partial charge in [0, 0.05) is 19.6 Å². The summed E-state index contributed by atoms with van der Waals surface area (Å²) in [7, 11) is 2.02. The summed E-state index contributed by atoms with van der Waals surface area (Å²) >= 11 is 0. The molecule has 0 aromatic rings. The molecule has 0 fully saturated rings. The number of hydrogen-bond acceptors (Lipinski definition) is 3. The molecule has 3 heteroatoms. The monoisotopic (exact) mass is 230 g/mol. The van der Waals surface area contributed by atoms with Crippen molar-refractivity contribution in [1.29, 1.82) is 0 Å². The minimum Gasteiger partial charge on any atom is -0.395 e. The molecule has 0 aliphatic rings. The van der Waals surface area contributed by atoms with E-state index >= 15 is 0 Å². The SMILES string of the molecule is CCCN(CCO)CC(C)(CCC)CNC. The predicted molar refractivity (Wildman–Crippen MR) is 70.8 cm³/mol. The van der Waals surface area contributed by atoms with Gasteiger partial charge in [-0.1, -0.05) is 27.2 Å². The summed E-state index contributed by atoms with van der Waals surface area (Å²) in [6.45, 7) is 11.1. The molecule has 0 heterocycles. The van der Waals surface area contributed by atoms with Gasteiger partial charge in [0.25, 0.3) is 0 Å². The van der Waals surface area contributed by atoms with E-state index in [0.717, 1.165) is 32.6 Å².